The summed E-state index contributed by atoms with van der Waals surface area (Å²) in [6, 6.07) is 4.87. The number of fused-ring (bicyclic) bond motifs is 1. The number of hydrogen-bond acceptors (Lipinski definition) is 4. The van der Waals surface area contributed by atoms with Gasteiger partial charge >= 0.3 is 5.92 Å². The third-order valence-corrected chi connectivity index (χ3v) is 5.20. The van der Waals surface area contributed by atoms with Crippen molar-refractivity contribution in [2.75, 3.05) is 19.6 Å². The molecule has 2 aromatic rings. The maximum atomic E-state index is 14.5. The largest absolute Gasteiger partial charge is 0.363 e. The molecule has 2 aliphatic heterocycles. The van der Waals surface area contributed by atoms with Gasteiger partial charge < -0.3 is 4.98 Å². The van der Waals surface area contributed by atoms with Crippen LogP contribution in [0, 0.1) is 0 Å². The molecule has 1 N–H and O–H groups in total. The van der Waals surface area contributed by atoms with E-state index < -0.39 is 5.92 Å². The predicted molar refractivity (Wildman–Crippen MR) is 109 cm³/mol. The summed E-state index contributed by atoms with van der Waals surface area (Å²) in [6.45, 7) is 1.48. The first-order valence-electron chi connectivity index (χ1n) is 8.98. The number of nitrogens with one attached hydrogen (secondary N) is 1. The van der Waals surface area contributed by atoms with Gasteiger partial charge in [-0.25, -0.2) is 0 Å². The van der Waals surface area contributed by atoms with E-state index in [0.29, 0.717) is 24.7 Å². The van der Waals surface area contributed by atoms with Gasteiger partial charge in [0.05, 0.1) is 29.9 Å². The summed E-state index contributed by atoms with van der Waals surface area (Å²) in [5, 5.41) is 0.353. The van der Waals surface area contributed by atoms with Crippen LogP contribution in [0.2, 0.25) is 5.02 Å². The third kappa shape index (κ3) is 4.59. The average molecular weight is 428 g/mol. The van der Waals surface area contributed by atoms with E-state index in [1.165, 1.54) is 18.3 Å². The summed E-state index contributed by atoms with van der Waals surface area (Å²) in [5.74, 6) is -3.00. The Bertz CT molecular complexity index is 855. The smallest absolute Gasteiger partial charge is 0.302 e. The quantitative estimate of drug-likeness (QED) is 0.797. The molecule has 28 heavy (non-hydrogen) atoms. The van der Waals surface area contributed by atoms with E-state index in [1.54, 1.807) is 4.90 Å². The van der Waals surface area contributed by atoms with Gasteiger partial charge in [0.25, 0.3) is 0 Å². The molecule has 1 saturated heterocycles. The van der Waals surface area contributed by atoms with Crippen molar-refractivity contribution in [2.45, 2.75) is 31.4 Å². The van der Waals surface area contributed by atoms with Crippen LogP contribution in [-0.4, -0.2) is 52.5 Å². The van der Waals surface area contributed by atoms with E-state index in [2.05, 4.69) is 15.0 Å². The lowest BCUT2D eigenvalue weighted by atomic mass is 10.0. The number of pyridine rings is 1. The van der Waals surface area contributed by atoms with Gasteiger partial charge in [-0.05, 0) is 31.0 Å². The van der Waals surface area contributed by atoms with Gasteiger partial charge in [-0.1, -0.05) is 11.6 Å². The van der Waals surface area contributed by atoms with Gasteiger partial charge in [-0.15, -0.1) is 12.4 Å². The highest BCUT2D eigenvalue weighted by atomic mass is 35.5. The summed E-state index contributed by atoms with van der Waals surface area (Å²) in [5.41, 5.74) is 2.80. The second-order valence-corrected chi connectivity index (χ2v) is 7.36. The van der Waals surface area contributed by atoms with Crippen molar-refractivity contribution in [3.8, 4) is 0 Å². The Morgan fingerprint density at radius 1 is 1.25 bits per heavy atom. The maximum absolute atomic E-state index is 14.5. The minimum Gasteiger partial charge on any atom is -0.363 e. The average Bonchev–Trinajstić information content (AvgIpc) is 3.13. The fourth-order valence-electron chi connectivity index (χ4n) is 3.53. The molecule has 9 heteroatoms. The number of halogens is 4. The Kier molecular flexibility index (Phi) is 6.47. The van der Waals surface area contributed by atoms with E-state index in [-0.39, 0.29) is 30.7 Å². The van der Waals surface area contributed by atoms with Crippen molar-refractivity contribution in [1.29, 1.82) is 0 Å². The van der Waals surface area contributed by atoms with Crippen LogP contribution in [0.5, 0.6) is 0 Å². The second kappa shape index (κ2) is 8.68. The summed E-state index contributed by atoms with van der Waals surface area (Å²) < 4.78 is 29.0. The number of hydrogen-bond donors (Lipinski definition) is 1. The highest BCUT2D eigenvalue weighted by Crippen LogP contribution is 2.29. The number of piperidine rings is 1. The Hall–Kier alpha value is -1.83. The summed E-state index contributed by atoms with van der Waals surface area (Å²) >= 11 is 5.73. The fraction of sp³-hybridized carbons (Fsp3) is 0.421. The van der Waals surface area contributed by atoms with Crippen LogP contribution in [0.25, 0.3) is 0 Å². The third-order valence-electron chi connectivity index (χ3n) is 4.97. The highest BCUT2D eigenvalue weighted by Gasteiger charge is 2.36. The van der Waals surface area contributed by atoms with Gasteiger partial charge in [0.15, 0.2) is 0 Å². The SMILES string of the molecule is Cl.FC(F)(CN1CCC(N=C2C=NCc3[nH]ccc32)CC1)c1ccc(Cl)cn1. The van der Waals surface area contributed by atoms with Crippen molar-refractivity contribution in [3.63, 3.8) is 0 Å². The summed E-state index contributed by atoms with van der Waals surface area (Å²) in [7, 11) is 0. The first kappa shape index (κ1) is 20.9. The van der Waals surface area contributed by atoms with Gasteiger partial charge in [0.2, 0.25) is 0 Å². The minimum atomic E-state index is -3.00. The lowest BCUT2D eigenvalue weighted by Gasteiger charge is -2.32. The molecule has 0 amide bonds. The van der Waals surface area contributed by atoms with Gasteiger partial charge in [-0.2, -0.15) is 8.78 Å². The minimum absolute atomic E-state index is 0. The molecule has 0 saturated carbocycles. The summed E-state index contributed by atoms with van der Waals surface area (Å²) in [4.78, 5) is 17.9. The lowest BCUT2D eigenvalue weighted by Crippen LogP contribution is -2.42. The molecule has 0 unspecified atom stereocenters. The Balaban J connectivity index is 0.00000225. The number of aromatic amines is 1. The Morgan fingerprint density at radius 3 is 2.75 bits per heavy atom. The molecular weight excluding hydrogens is 407 g/mol. The van der Waals surface area contributed by atoms with Crippen LogP contribution < -0.4 is 0 Å². The van der Waals surface area contributed by atoms with Gasteiger partial charge in [0, 0.05) is 43.0 Å². The maximum Gasteiger partial charge on any atom is 0.302 e. The molecule has 0 aliphatic carbocycles. The van der Waals surface area contributed by atoms with E-state index in [0.717, 1.165) is 29.8 Å². The number of alkyl halides is 2. The van der Waals surface area contributed by atoms with Crippen LogP contribution in [-0.2, 0) is 12.5 Å². The van der Waals surface area contributed by atoms with Crippen LogP contribution in [0.4, 0.5) is 8.78 Å². The highest BCUT2D eigenvalue weighted by molar-refractivity contribution is 6.39. The van der Waals surface area contributed by atoms with Crippen LogP contribution >= 0.6 is 24.0 Å². The van der Waals surface area contributed by atoms with E-state index in [1.807, 2.05) is 18.5 Å². The normalized spacial score (nSPS) is 19.5. The van der Waals surface area contributed by atoms with Gasteiger partial charge in [-0.3, -0.25) is 19.9 Å². The van der Waals surface area contributed by atoms with Crippen molar-refractivity contribution in [2.24, 2.45) is 9.98 Å². The first-order chi connectivity index (χ1) is 13.0. The number of aromatic nitrogens is 2. The van der Waals surface area contributed by atoms with Gasteiger partial charge in [0.1, 0.15) is 5.69 Å². The zero-order chi connectivity index (χ0) is 18.9. The zero-order valence-corrected chi connectivity index (χ0v) is 16.7. The standard InChI is InChI=1S/C19H20ClF2N5.ClH/c20-13-1-2-18(25-9-13)19(21,22)12-27-7-4-14(5-8-27)26-17-11-23-10-16-15(17)3-6-24-16;/h1-3,6,9,11,14,24H,4-5,7-8,10,12H2;1H. The number of nitrogens with zero attached hydrogens (tertiary/aromatic N) is 4. The predicted octanol–water partition coefficient (Wildman–Crippen LogP) is 4.11. The fourth-order valence-corrected chi connectivity index (χ4v) is 3.64. The molecule has 0 radical (unpaired) electrons. The molecule has 0 spiro atoms. The van der Waals surface area contributed by atoms with E-state index in [4.69, 9.17) is 16.6 Å². The molecule has 5 nitrogen and oxygen atoms in total. The van der Waals surface area contributed by atoms with Crippen LogP contribution in [0.3, 0.4) is 0 Å². The molecule has 2 aromatic heterocycles. The Morgan fingerprint density at radius 2 is 2.04 bits per heavy atom. The lowest BCUT2D eigenvalue weighted by molar-refractivity contribution is -0.0460. The molecule has 1 fully saturated rings. The molecule has 0 aromatic carbocycles. The molecule has 150 valence electrons. The molecule has 4 rings (SSSR count). The second-order valence-electron chi connectivity index (χ2n) is 6.93. The van der Waals surface area contributed by atoms with Crippen molar-refractivity contribution in [3.05, 3.63) is 52.6 Å². The Labute approximate surface area is 173 Å². The number of likely N-dealkylation sites (tertiary alicyclic amines) is 1. The van der Waals surface area contributed by atoms with E-state index >= 15 is 0 Å². The molecule has 0 bridgehead atoms. The monoisotopic (exact) mass is 427 g/mol. The van der Waals surface area contributed by atoms with Crippen molar-refractivity contribution in [1.82, 2.24) is 14.9 Å². The van der Waals surface area contributed by atoms with Crippen molar-refractivity contribution >= 4 is 35.9 Å². The number of rotatable bonds is 4. The topological polar surface area (TPSA) is 56.6 Å². The van der Waals surface area contributed by atoms with E-state index in [9.17, 15) is 8.78 Å². The number of aliphatic imine (C=N–C) groups is 2. The number of H-pyrrole nitrogens is 1. The zero-order valence-electron chi connectivity index (χ0n) is 15.1. The first-order valence-corrected chi connectivity index (χ1v) is 9.35. The molecular formula is C19H21Cl2F2N5. The van der Waals surface area contributed by atoms with Crippen LogP contribution in [0.15, 0.2) is 40.6 Å². The molecule has 0 atom stereocenters. The molecule has 2 aliphatic rings. The van der Waals surface area contributed by atoms with Crippen LogP contribution in [0.1, 0.15) is 29.8 Å². The van der Waals surface area contributed by atoms with Crippen molar-refractivity contribution < 1.29 is 8.78 Å². The molecule has 4 heterocycles. The summed E-state index contributed by atoms with van der Waals surface area (Å²) in [6.07, 6.45) is 6.46.